The summed E-state index contributed by atoms with van der Waals surface area (Å²) in [6.45, 7) is 4.05. The van der Waals surface area contributed by atoms with Crippen LogP contribution in [0.4, 0.5) is 17.1 Å². The zero-order valence-corrected chi connectivity index (χ0v) is 21.1. The molecule has 0 spiro atoms. The summed E-state index contributed by atoms with van der Waals surface area (Å²) in [5, 5.41) is 6.13. The van der Waals surface area contributed by atoms with Crippen molar-refractivity contribution < 1.29 is 28.6 Å². The van der Waals surface area contributed by atoms with Gasteiger partial charge < -0.3 is 29.7 Å². The molecule has 1 aliphatic heterocycles. The molecule has 1 heterocycles. The molecule has 9 nitrogen and oxygen atoms in total. The number of hydrogen-bond donors (Lipinski definition) is 2. The van der Waals surface area contributed by atoms with Crippen molar-refractivity contribution in [2.75, 3.05) is 41.8 Å². The third-order valence-corrected chi connectivity index (χ3v) is 5.61. The number of esters is 1. The fourth-order valence-electron chi connectivity index (χ4n) is 3.81. The van der Waals surface area contributed by atoms with Crippen LogP contribution in [0.1, 0.15) is 24.2 Å². The second kappa shape index (κ2) is 11.7. The van der Waals surface area contributed by atoms with Gasteiger partial charge >= 0.3 is 5.97 Å². The maximum absolute atomic E-state index is 13.1. The van der Waals surface area contributed by atoms with E-state index in [0.717, 1.165) is 0 Å². The predicted octanol–water partition coefficient (Wildman–Crippen LogP) is 4.75. The fraction of sp³-hybridized carbons (Fsp3) is 0.222. The average molecular weight is 524 g/mol. The first-order valence-corrected chi connectivity index (χ1v) is 12.1. The Labute approximate surface area is 219 Å². The highest BCUT2D eigenvalue weighted by Gasteiger charge is 2.26. The number of ether oxygens (including phenoxy) is 3. The quantitative estimate of drug-likeness (QED) is 0.308. The van der Waals surface area contributed by atoms with Gasteiger partial charge in [-0.25, -0.2) is 4.79 Å². The van der Waals surface area contributed by atoms with Gasteiger partial charge in [-0.15, -0.1) is 0 Å². The normalized spacial score (nSPS) is 12.3. The molecule has 0 radical (unpaired) electrons. The van der Waals surface area contributed by atoms with Crippen molar-refractivity contribution in [1.29, 1.82) is 0 Å². The number of rotatable bonds is 9. The smallest absolute Gasteiger partial charge is 0.331 e. The molecule has 0 aliphatic carbocycles. The van der Waals surface area contributed by atoms with Crippen LogP contribution in [-0.4, -0.2) is 44.1 Å². The summed E-state index contributed by atoms with van der Waals surface area (Å²) < 4.78 is 16.7. The van der Waals surface area contributed by atoms with Crippen LogP contribution in [-0.2, 0) is 9.59 Å². The second-order valence-corrected chi connectivity index (χ2v) is 8.46. The molecule has 0 saturated heterocycles. The molecule has 2 N–H and O–H groups in total. The Balaban J connectivity index is 1.57. The number of fused-ring (bicyclic) bond motifs is 1. The standard InChI is InChI=1S/C27H26ClN3O6/c1-3-35-23-14-20(30-27(34)17-8-6-5-7-9-17)24(36-4-2)13-19(23)29-25(32)15-31-16-26(33)37-22-11-10-18(28)12-21(22)31/h5-14H,3-4,15-16H2,1-2H3,(H,29,32)(H,30,34). The van der Waals surface area contributed by atoms with E-state index in [1.807, 2.05) is 19.9 Å². The molecule has 2 amide bonds. The lowest BCUT2D eigenvalue weighted by atomic mass is 10.2. The van der Waals surface area contributed by atoms with Crippen molar-refractivity contribution in [3.05, 3.63) is 71.2 Å². The number of carbonyl (C=O) groups excluding carboxylic acids is 3. The molecule has 4 rings (SSSR count). The number of benzene rings is 3. The number of halogens is 1. The summed E-state index contributed by atoms with van der Waals surface area (Å²) in [7, 11) is 0. The van der Waals surface area contributed by atoms with Crippen molar-refractivity contribution in [3.63, 3.8) is 0 Å². The summed E-state index contributed by atoms with van der Waals surface area (Å²) in [5.74, 6) is -0.135. The van der Waals surface area contributed by atoms with Crippen LogP contribution in [0, 0.1) is 0 Å². The van der Waals surface area contributed by atoms with Crippen LogP contribution in [0.15, 0.2) is 60.7 Å². The molecule has 10 heteroatoms. The number of nitrogens with one attached hydrogen (secondary N) is 2. The van der Waals surface area contributed by atoms with Gasteiger partial charge in [0.25, 0.3) is 5.91 Å². The summed E-state index contributed by atoms with van der Waals surface area (Å²) in [5.41, 5.74) is 1.79. The molecule has 0 fully saturated rings. The molecule has 0 saturated carbocycles. The van der Waals surface area contributed by atoms with Crippen LogP contribution >= 0.6 is 11.6 Å². The molecule has 0 atom stereocenters. The summed E-state index contributed by atoms with van der Waals surface area (Å²) in [4.78, 5) is 39.4. The summed E-state index contributed by atoms with van der Waals surface area (Å²) in [6.07, 6.45) is 0. The van der Waals surface area contributed by atoms with Crippen molar-refractivity contribution in [3.8, 4) is 17.2 Å². The molecule has 0 aromatic heterocycles. The molecular weight excluding hydrogens is 498 g/mol. The van der Waals surface area contributed by atoms with Crippen LogP contribution in [0.3, 0.4) is 0 Å². The van der Waals surface area contributed by atoms with Crippen LogP contribution in [0.5, 0.6) is 17.2 Å². The first-order valence-electron chi connectivity index (χ1n) is 11.7. The van der Waals surface area contributed by atoms with E-state index in [-0.39, 0.29) is 19.0 Å². The monoisotopic (exact) mass is 523 g/mol. The second-order valence-electron chi connectivity index (χ2n) is 8.02. The Hall–Kier alpha value is -4.24. The molecule has 3 aromatic rings. The van der Waals surface area contributed by atoms with E-state index in [1.165, 1.54) is 0 Å². The van der Waals surface area contributed by atoms with E-state index in [1.54, 1.807) is 59.5 Å². The molecule has 3 aromatic carbocycles. The average Bonchev–Trinajstić information content (AvgIpc) is 2.87. The number of hydrogen-bond acceptors (Lipinski definition) is 7. The Bertz CT molecular complexity index is 1310. The minimum atomic E-state index is -0.477. The molecular formula is C27H26ClN3O6. The Kier molecular flexibility index (Phi) is 8.15. The van der Waals surface area contributed by atoms with Crippen molar-refractivity contribution in [2.45, 2.75) is 13.8 Å². The first kappa shape index (κ1) is 25.8. The van der Waals surface area contributed by atoms with E-state index >= 15 is 0 Å². The van der Waals surface area contributed by atoms with E-state index in [4.69, 9.17) is 25.8 Å². The van der Waals surface area contributed by atoms with E-state index in [9.17, 15) is 14.4 Å². The van der Waals surface area contributed by atoms with Gasteiger partial charge in [0.1, 0.15) is 18.0 Å². The van der Waals surface area contributed by atoms with E-state index in [2.05, 4.69) is 10.6 Å². The van der Waals surface area contributed by atoms with Gasteiger partial charge in [-0.05, 0) is 44.2 Å². The third kappa shape index (κ3) is 6.31. The highest BCUT2D eigenvalue weighted by Crippen LogP contribution is 2.38. The van der Waals surface area contributed by atoms with Gasteiger partial charge in [0.05, 0.1) is 36.8 Å². The van der Waals surface area contributed by atoms with E-state index in [0.29, 0.717) is 58.1 Å². The zero-order chi connectivity index (χ0) is 26.4. The minimum absolute atomic E-state index is 0.103. The maximum atomic E-state index is 13.1. The highest BCUT2D eigenvalue weighted by atomic mass is 35.5. The first-order chi connectivity index (χ1) is 17.9. The third-order valence-electron chi connectivity index (χ3n) is 5.38. The molecule has 37 heavy (non-hydrogen) atoms. The van der Waals surface area contributed by atoms with Gasteiger partial charge in [0.15, 0.2) is 5.75 Å². The van der Waals surface area contributed by atoms with E-state index < -0.39 is 11.9 Å². The Morgan fingerprint density at radius 3 is 2.24 bits per heavy atom. The largest absolute Gasteiger partial charge is 0.492 e. The molecule has 192 valence electrons. The molecule has 0 bridgehead atoms. The topological polar surface area (TPSA) is 106 Å². The van der Waals surface area contributed by atoms with Crippen LogP contribution in [0.25, 0.3) is 0 Å². The lowest BCUT2D eigenvalue weighted by Crippen LogP contribution is -2.41. The zero-order valence-electron chi connectivity index (χ0n) is 20.4. The number of carbonyl (C=O) groups is 3. The lowest BCUT2D eigenvalue weighted by molar-refractivity contribution is -0.133. The van der Waals surface area contributed by atoms with Crippen molar-refractivity contribution in [1.82, 2.24) is 0 Å². The van der Waals surface area contributed by atoms with Gasteiger partial charge in [-0.3, -0.25) is 9.59 Å². The van der Waals surface area contributed by atoms with Crippen molar-refractivity contribution >= 4 is 46.4 Å². The van der Waals surface area contributed by atoms with Crippen LogP contribution < -0.4 is 29.7 Å². The lowest BCUT2D eigenvalue weighted by Gasteiger charge is -2.29. The van der Waals surface area contributed by atoms with Gasteiger partial charge in [0, 0.05) is 22.7 Å². The number of nitrogens with zero attached hydrogens (tertiary/aromatic N) is 1. The molecule has 1 aliphatic rings. The number of amides is 2. The SMILES string of the molecule is CCOc1cc(NC(=O)c2ccccc2)c(OCC)cc1NC(=O)CN1CC(=O)Oc2ccc(Cl)cc21. The van der Waals surface area contributed by atoms with Gasteiger partial charge in [-0.2, -0.15) is 0 Å². The van der Waals surface area contributed by atoms with Crippen molar-refractivity contribution in [2.24, 2.45) is 0 Å². The fourth-order valence-corrected chi connectivity index (χ4v) is 3.98. The summed E-state index contributed by atoms with van der Waals surface area (Å²) >= 11 is 6.11. The summed E-state index contributed by atoms with van der Waals surface area (Å²) in [6, 6.07) is 16.8. The van der Waals surface area contributed by atoms with Gasteiger partial charge in [-0.1, -0.05) is 29.8 Å². The predicted molar refractivity (Wildman–Crippen MR) is 141 cm³/mol. The highest BCUT2D eigenvalue weighted by molar-refractivity contribution is 6.31. The maximum Gasteiger partial charge on any atom is 0.331 e. The minimum Gasteiger partial charge on any atom is -0.492 e. The Morgan fingerprint density at radius 1 is 0.946 bits per heavy atom. The van der Waals surface area contributed by atoms with Gasteiger partial charge in [0.2, 0.25) is 5.91 Å². The van der Waals surface area contributed by atoms with Crippen LogP contribution in [0.2, 0.25) is 5.02 Å². The Morgan fingerprint density at radius 2 is 1.59 bits per heavy atom. The molecule has 0 unspecified atom stereocenters. The number of anilines is 3.